The van der Waals surface area contributed by atoms with Crippen LogP contribution in [0.4, 0.5) is 5.69 Å². The van der Waals surface area contributed by atoms with Crippen LogP contribution in [0.2, 0.25) is 0 Å². The van der Waals surface area contributed by atoms with Gasteiger partial charge in [-0.25, -0.2) is 5.48 Å². The Labute approximate surface area is 168 Å². The molecule has 0 aliphatic heterocycles. The highest BCUT2D eigenvalue weighted by Crippen LogP contribution is 2.33. The van der Waals surface area contributed by atoms with Crippen LogP contribution in [-0.4, -0.2) is 17.0 Å². The van der Waals surface area contributed by atoms with E-state index in [1.165, 1.54) is 11.6 Å². The van der Waals surface area contributed by atoms with Crippen molar-refractivity contribution in [3.63, 3.8) is 0 Å². The molecule has 146 valence electrons. The van der Waals surface area contributed by atoms with Gasteiger partial charge < -0.3 is 11.1 Å². The number of hydrogen-bond acceptors (Lipinski definition) is 4. The molecule has 0 bridgehead atoms. The number of nitrogens with one attached hydrogen (secondary N) is 2. The van der Waals surface area contributed by atoms with Crippen molar-refractivity contribution in [1.82, 2.24) is 5.48 Å². The molecule has 0 aromatic heterocycles. The van der Waals surface area contributed by atoms with Crippen LogP contribution in [-0.2, 0) is 15.1 Å². The molecule has 0 aliphatic rings. The van der Waals surface area contributed by atoms with E-state index in [2.05, 4.69) is 5.32 Å². The van der Waals surface area contributed by atoms with Gasteiger partial charge in [-0.2, -0.15) is 0 Å². The maximum absolute atomic E-state index is 12.8. The third kappa shape index (κ3) is 4.34. The minimum atomic E-state index is -1.25. The molecule has 6 heteroatoms. The van der Waals surface area contributed by atoms with E-state index in [1.54, 1.807) is 30.3 Å². The van der Waals surface area contributed by atoms with E-state index in [4.69, 9.17) is 10.9 Å². The summed E-state index contributed by atoms with van der Waals surface area (Å²) < 4.78 is 0. The standard InChI is InChI=1S/C23H21N3O3/c24-22(28)23(18-7-3-1-4-8-18,19-9-5-2-6-10-19)25-20-14-11-17(12-15-20)13-16-21(27)26-29/h1-16,25,29H,(H2,24,28)(H,26,27)/b16-13+. The molecule has 29 heavy (non-hydrogen) atoms. The van der Waals surface area contributed by atoms with Crippen molar-refractivity contribution in [1.29, 1.82) is 0 Å². The van der Waals surface area contributed by atoms with Crippen LogP contribution in [0.15, 0.2) is 91.0 Å². The average Bonchev–Trinajstić information content (AvgIpc) is 2.77. The number of rotatable bonds is 7. The SMILES string of the molecule is NC(=O)C(Nc1ccc(/C=C/C(=O)NO)cc1)(c1ccccc1)c1ccccc1. The summed E-state index contributed by atoms with van der Waals surface area (Å²) in [5.41, 5.74) is 9.10. The number of anilines is 1. The Morgan fingerprint density at radius 2 is 1.34 bits per heavy atom. The third-order valence-electron chi connectivity index (χ3n) is 4.56. The molecule has 6 nitrogen and oxygen atoms in total. The molecular formula is C23H21N3O3. The van der Waals surface area contributed by atoms with Crippen LogP contribution < -0.4 is 16.5 Å². The van der Waals surface area contributed by atoms with Crippen LogP contribution in [0, 0.1) is 0 Å². The molecule has 0 fully saturated rings. The maximum Gasteiger partial charge on any atom is 0.267 e. The van der Waals surface area contributed by atoms with E-state index >= 15 is 0 Å². The van der Waals surface area contributed by atoms with Gasteiger partial charge >= 0.3 is 0 Å². The highest BCUT2D eigenvalue weighted by atomic mass is 16.5. The van der Waals surface area contributed by atoms with Crippen molar-refractivity contribution in [2.75, 3.05) is 5.32 Å². The van der Waals surface area contributed by atoms with Crippen molar-refractivity contribution in [2.45, 2.75) is 5.54 Å². The lowest BCUT2D eigenvalue weighted by molar-refractivity contribution is -0.124. The van der Waals surface area contributed by atoms with Crippen molar-refractivity contribution < 1.29 is 14.8 Å². The average molecular weight is 387 g/mol. The second-order valence-corrected chi connectivity index (χ2v) is 6.40. The minimum absolute atomic E-state index is 0.529. The second-order valence-electron chi connectivity index (χ2n) is 6.40. The molecule has 0 saturated heterocycles. The first-order valence-corrected chi connectivity index (χ1v) is 8.97. The first-order valence-electron chi connectivity index (χ1n) is 8.97. The summed E-state index contributed by atoms with van der Waals surface area (Å²) in [4.78, 5) is 23.9. The predicted octanol–water partition coefficient (Wildman–Crippen LogP) is 3.05. The van der Waals surface area contributed by atoms with Gasteiger partial charge in [-0.3, -0.25) is 14.8 Å². The van der Waals surface area contributed by atoms with E-state index in [0.29, 0.717) is 5.69 Å². The van der Waals surface area contributed by atoms with Gasteiger partial charge in [-0.15, -0.1) is 0 Å². The Balaban J connectivity index is 2.01. The molecule has 0 radical (unpaired) electrons. The van der Waals surface area contributed by atoms with Crippen LogP contribution in [0.25, 0.3) is 6.08 Å². The summed E-state index contributed by atoms with van der Waals surface area (Å²) in [5.74, 6) is -1.15. The van der Waals surface area contributed by atoms with E-state index in [1.807, 2.05) is 60.7 Å². The van der Waals surface area contributed by atoms with Gasteiger partial charge in [0.15, 0.2) is 5.54 Å². The maximum atomic E-state index is 12.8. The molecule has 0 spiro atoms. The van der Waals surface area contributed by atoms with Gasteiger partial charge in [-0.1, -0.05) is 72.8 Å². The smallest absolute Gasteiger partial charge is 0.267 e. The lowest BCUT2D eigenvalue weighted by atomic mass is 9.81. The monoisotopic (exact) mass is 387 g/mol. The highest BCUT2D eigenvalue weighted by molar-refractivity contribution is 5.94. The van der Waals surface area contributed by atoms with Gasteiger partial charge in [0, 0.05) is 11.8 Å². The molecule has 0 atom stereocenters. The van der Waals surface area contributed by atoms with E-state index < -0.39 is 17.4 Å². The van der Waals surface area contributed by atoms with Crippen LogP contribution >= 0.6 is 0 Å². The molecule has 5 N–H and O–H groups in total. The van der Waals surface area contributed by atoms with Crippen molar-refractivity contribution in [3.8, 4) is 0 Å². The molecule has 3 aromatic carbocycles. The number of carbonyl (C=O) groups excluding carboxylic acids is 2. The lowest BCUT2D eigenvalue weighted by Gasteiger charge is -2.34. The largest absolute Gasteiger partial charge is 0.367 e. The van der Waals surface area contributed by atoms with E-state index in [9.17, 15) is 9.59 Å². The molecule has 0 heterocycles. The number of benzene rings is 3. The normalized spacial score (nSPS) is 11.2. The topological polar surface area (TPSA) is 104 Å². The molecular weight excluding hydrogens is 366 g/mol. The predicted molar refractivity (Wildman–Crippen MR) is 112 cm³/mol. The number of carbonyl (C=O) groups is 2. The molecule has 2 amide bonds. The van der Waals surface area contributed by atoms with Crippen LogP contribution in [0.3, 0.4) is 0 Å². The van der Waals surface area contributed by atoms with E-state index in [0.717, 1.165) is 16.7 Å². The Kier molecular flexibility index (Phi) is 6.06. The van der Waals surface area contributed by atoms with Crippen molar-refractivity contribution >= 4 is 23.6 Å². The number of primary amides is 1. The summed E-state index contributed by atoms with van der Waals surface area (Å²) in [6, 6.07) is 25.8. The lowest BCUT2D eigenvalue weighted by Crippen LogP contribution is -2.48. The summed E-state index contributed by atoms with van der Waals surface area (Å²) >= 11 is 0. The number of hydroxylamine groups is 1. The van der Waals surface area contributed by atoms with Gasteiger partial charge in [0.05, 0.1) is 0 Å². The molecule has 0 saturated carbocycles. The van der Waals surface area contributed by atoms with Crippen molar-refractivity contribution in [2.24, 2.45) is 5.73 Å². The quantitative estimate of drug-likeness (QED) is 0.284. The zero-order chi connectivity index (χ0) is 20.7. The zero-order valence-corrected chi connectivity index (χ0v) is 15.6. The fourth-order valence-electron chi connectivity index (χ4n) is 3.14. The fourth-order valence-corrected chi connectivity index (χ4v) is 3.14. The van der Waals surface area contributed by atoms with Crippen molar-refractivity contribution in [3.05, 3.63) is 108 Å². The fraction of sp³-hybridized carbons (Fsp3) is 0.0435. The third-order valence-corrected chi connectivity index (χ3v) is 4.56. The first kappa shape index (κ1) is 19.9. The van der Waals surface area contributed by atoms with Crippen LogP contribution in [0.1, 0.15) is 16.7 Å². The highest BCUT2D eigenvalue weighted by Gasteiger charge is 2.40. The van der Waals surface area contributed by atoms with E-state index in [-0.39, 0.29) is 0 Å². The number of nitrogens with two attached hydrogens (primary N) is 1. The van der Waals surface area contributed by atoms with Crippen LogP contribution in [0.5, 0.6) is 0 Å². The first-order chi connectivity index (χ1) is 14.1. The molecule has 3 aromatic rings. The molecule has 0 unspecified atom stereocenters. The Morgan fingerprint density at radius 1 is 0.828 bits per heavy atom. The Hall–Kier alpha value is -3.90. The molecule has 0 aliphatic carbocycles. The number of amides is 2. The summed E-state index contributed by atoms with van der Waals surface area (Å²) in [6.07, 6.45) is 2.77. The Morgan fingerprint density at radius 3 is 1.79 bits per heavy atom. The minimum Gasteiger partial charge on any atom is -0.367 e. The second kappa shape index (κ2) is 8.86. The van der Waals surface area contributed by atoms with Gasteiger partial charge in [0.2, 0.25) is 0 Å². The molecule has 3 rings (SSSR count). The van der Waals surface area contributed by atoms with Gasteiger partial charge in [0.1, 0.15) is 0 Å². The Bertz CT molecular complexity index is 961. The summed E-state index contributed by atoms with van der Waals surface area (Å²) in [5, 5.41) is 11.9. The zero-order valence-electron chi connectivity index (χ0n) is 15.6. The summed E-state index contributed by atoms with van der Waals surface area (Å²) in [6.45, 7) is 0. The summed E-state index contributed by atoms with van der Waals surface area (Å²) in [7, 11) is 0. The van der Waals surface area contributed by atoms with Gasteiger partial charge in [0.25, 0.3) is 11.8 Å². The van der Waals surface area contributed by atoms with Gasteiger partial charge in [-0.05, 0) is 34.9 Å². The number of hydrogen-bond donors (Lipinski definition) is 4.